The first kappa shape index (κ1) is 19.2. The molecule has 0 unspecified atom stereocenters. The van der Waals surface area contributed by atoms with Gasteiger partial charge in [0.25, 0.3) is 5.72 Å². The molecule has 1 fully saturated rings. The standard InChI is InChI=1S/C17H18F3N3O4/c1-27-11-8-6-10(7-9-11)21-14(24)15(25)23-16(26,17(18,19)20)12-4-2-3-5-13(12)22-23/h6-9,12,26H,2-5H2,1H3,(H,21,24)/t12-,16+/m0/s1. The van der Waals surface area contributed by atoms with E-state index in [0.717, 1.165) is 0 Å². The number of hydrogen-bond acceptors (Lipinski definition) is 5. The molecule has 0 radical (unpaired) electrons. The highest BCUT2D eigenvalue weighted by Crippen LogP contribution is 2.48. The average molecular weight is 385 g/mol. The fourth-order valence-corrected chi connectivity index (χ4v) is 3.37. The van der Waals surface area contributed by atoms with Crippen molar-refractivity contribution in [2.45, 2.75) is 37.6 Å². The Morgan fingerprint density at radius 1 is 1.30 bits per heavy atom. The Hall–Kier alpha value is -2.62. The zero-order valence-corrected chi connectivity index (χ0v) is 14.4. The molecule has 1 aliphatic heterocycles. The van der Waals surface area contributed by atoms with Gasteiger partial charge >= 0.3 is 18.0 Å². The lowest BCUT2D eigenvalue weighted by Crippen LogP contribution is -2.62. The maximum absolute atomic E-state index is 13.6. The van der Waals surface area contributed by atoms with Crippen molar-refractivity contribution in [2.24, 2.45) is 11.0 Å². The predicted octanol–water partition coefficient (Wildman–Crippen LogP) is 2.27. The Labute approximate surface area is 152 Å². The van der Waals surface area contributed by atoms with Crippen molar-refractivity contribution >= 4 is 23.2 Å². The van der Waals surface area contributed by atoms with Gasteiger partial charge in [-0.25, -0.2) is 0 Å². The first-order valence-electron chi connectivity index (χ1n) is 8.34. The molecule has 2 amide bonds. The number of fused-ring (bicyclic) bond motifs is 1. The van der Waals surface area contributed by atoms with Gasteiger partial charge in [-0.15, -0.1) is 0 Å². The third-order valence-corrected chi connectivity index (χ3v) is 4.77. The van der Waals surface area contributed by atoms with E-state index in [4.69, 9.17) is 4.74 Å². The number of hydrazone groups is 1. The fraction of sp³-hybridized carbons (Fsp3) is 0.471. The van der Waals surface area contributed by atoms with Crippen molar-refractivity contribution in [1.29, 1.82) is 0 Å². The summed E-state index contributed by atoms with van der Waals surface area (Å²) in [4.78, 5) is 24.6. The summed E-state index contributed by atoms with van der Waals surface area (Å²) in [6.07, 6.45) is -3.78. The van der Waals surface area contributed by atoms with Crippen molar-refractivity contribution in [1.82, 2.24) is 5.01 Å². The topological polar surface area (TPSA) is 91.2 Å². The first-order chi connectivity index (χ1) is 12.7. The molecule has 2 N–H and O–H groups in total. The summed E-state index contributed by atoms with van der Waals surface area (Å²) in [6.45, 7) is 0. The Kier molecular flexibility index (Phi) is 4.85. The van der Waals surface area contributed by atoms with Crippen LogP contribution in [0.2, 0.25) is 0 Å². The van der Waals surface area contributed by atoms with Crippen LogP contribution >= 0.6 is 0 Å². The Morgan fingerprint density at radius 3 is 2.56 bits per heavy atom. The number of aliphatic hydroxyl groups is 1. The molecular formula is C17H18F3N3O4. The number of carbonyl (C=O) groups is 2. The quantitative estimate of drug-likeness (QED) is 0.764. The summed E-state index contributed by atoms with van der Waals surface area (Å²) in [5.41, 5.74) is -3.24. The molecule has 0 spiro atoms. The molecule has 1 aliphatic carbocycles. The highest BCUT2D eigenvalue weighted by molar-refractivity contribution is 6.39. The van der Waals surface area contributed by atoms with Crippen LogP contribution in [0.1, 0.15) is 25.7 Å². The number of methoxy groups -OCH3 is 1. The number of alkyl halides is 3. The van der Waals surface area contributed by atoms with Crippen LogP contribution in [-0.2, 0) is 9.59 Å². The minimum Gasteiger partial charge on any atom is -0.497 e. The SMILES string of the molecule is COc1ccc(NC(=O)C(=O)N2N=C3CCCC[C@@H]3[C@@]2(O)C(F)(F)F)cc1. The van der Waals surface area contributed by atoms with Crippen LogP contribution in [-0.4, -0.2) is 46.7 Å². The summed E-state index contributed by atoms with van der Waals surface area (Å²) >= 11 is 0. The smallest absolute Gasteiger partial charge is 0.439 e. The van der Waals surface area contributed by atoms with Gasteiger partial charge in [-0.1, -0.05) is 6.42 Å². The Bertz CT molecular complexity index is 779. The van der Waals surface area contributed by atoms with Crippen molar-refractivity contribution in [3.63, 3.8) is 0 Å². The summed E-state index contributed by atoms with van der Waals surface area (Å²) < 4.78 is 45.9. The Morgan fingerprint density at radius 2 is 1.96 bits per heavy atom. The molecular weight excluding hydrogens is 367 g/mol. The summed E-state index contributed by atoms with van der Waals surface area (Å²) in [5.74, 6) is -3.76. The van der Waals surface area contributed by atoms with E-state index in [1.165, 1.54) is 31.4 Å². The van der Waals surface area contributed by atoms with Crippen LogP contribution in [0, 0.1) is 5.92 Å². The molecule has 1 aromatic carbocycles. The molecule has 0 saturated heterocycles. The van der Waals surface area contributed by atoms with E-state index in [1.54, 1.807) is 0 Å². The van der Waals surface area contributed by atoms with E-state index in [0.29, 0.717) is 18.6 Å². The normalized spacial score (nSPS) is 24.9. The molecule has 27 heavy (non-hydrogen) atoms. The summed E-state index contributed by atoms with van der Waals surface area (Å²) in [5, 5.41) is 16.2. The molecule has 7 nitrogen and oxygen atoms in total. The number of anilines is 1. The molecule has 146 valence electrons. The fourth-order valence-electron chi connectivity index (χ4n) is 3.37. The van der Waals surface area contributed by atoms with Gasteiger partial charge in [-0.05, 0) is 43.5 Å². The van der Waals surface area contributed by atoms with Gasteiger partial charge in [0.1, 0.15) is 5.75 Å². The number of amides is 2. The van der Waals surface area contributed by atoms with E-state index in [1.807, 2.05) is 0 Å². The van der Waals surface area contributed by atoms with Crippen LogP contribution in [0.3, 0.4) is 0 Å². The number of nitrogens with zero attached hydrogens (tertiary/aromatic N) is 2. The number of halogens is 3. The van der Waals surface area contributed by atoms with Crippen LogP contribution in [0.4, 0.5) is 18.9 Å². The summed E-state index contributed by atoms with van der Waals surface area (Å²) in [6, 6.07) is 5.87. The zero-order valence-electron chi connectivity index (χ0n) is 14.4. The molecule has 10 heteroatoms. The second-order valence-corrected chi connectivity index (χ2v) is 6.41. The van der Waals surface area contributed by atoms with Crippen molar-refractivity contribution in [3.05, 3.63) is 24.3 Å². The number of rotatable bonds is 2. The van der Waals surface area contributed by atoms with E-state index in [9.17, 15) is 27.9 Å². The highest BCUT2D eigenvalue weighted by atomic mass is 19.4. The van der Waals surface area contributed by atoms with E-state index in [-0.39, 0.29) is 29.2 Å². The van der Waals surface area contributed by atoms with Crippen LogP contribution in [0.25, 0.3) is 0 Å². The Balaban J connectivity index is 1.84. The number of hydrogen-bond donors (Lipinski definition) is 2. The van der Waals surface area contributed by atoms with Gasteiger partial charge < -0.3 is 15.2 Å². The lowest BCUT2D eigenvalue weighted by atomic mass is 9.80. The third-order valence-electron chi connectivity index (χ3n) is 4.77. The lowest BCUT2D eigenvalue weighted by molar-refractivity contribution is -0.316. The second-order valence-electron chi connectivity index (χ2n) is 6.41. The third kappa shape index (κ3) is 3.25. The van der Waals surface area contributed by atoms with Gasteiger partial charge in [0.05, 0.1) is 13.0 Å². The molecule has 3 rings (SSSR count). The average Bonchev–Trinajstić information content (AvgIpc) is 2.96. The van der Waals surface area contributed by atoms with Crippen LogP contribution < -0.4 is 10.1 Å². The molecule has 1 heterocycles. The molecule has 1 aromatic rings. The monoisotopic (exact) mass is 385 g/mol. The highest BCUT2D eigenvalue weighted by Gasteiger charge is 2.69. The maximum Gasteiger partial charge on any atom is 0.439 e. The zero-order chi connectivity index (χ0) is 19.8. The number of nitrogens with one attached hydrogen (secondary N) is 1. The number of carbonyl (C=O) groups excluding carboxylic acids is 2. The van der Waals surface area contributed by atoms with Gasteiger partial charge in [0.15, 0.2) is 0 Å². The van der Waals surface area contributed by atoms with Crippen LogP contribution in [0.15, 0.2) is 29.4 Å². The molecule has 0 bridgehead atoms. The first-order valence-corrected chi connectivity index (χ1v) is 8.34. The van der Waals surface area contributed by atoms with Gasteiger partial charge in [-0.3, -0.25) is 9.59 Å². The lowest BCUT2D eigenvalue weighted by Gasteiger charge is -2.37. The van der Waals surface area contributed by atoms with E-state index >= 15 is 0 Å². The largest absolute Gasteiger partial charge is 0.497 e. The van der Waals surface area contributed by atoms with Crippen molar-refractivity contribution < 1.29 is 32.6 Å². The van der Waals surface area contributed by atoms with Crippen molar-refractivity contribution in [2.75, 3.05) is 12.4 Å². The molecule has 1 saturated carbocycles. The van der Waals surface area contributed by atoms with Gasteiger partial charge in [0.2, 0.25) is 0 Å². The molecule has 2 aliphatic rings. The minimum atomic E-state index is -5.16. The molecule has 0 aromatic heterocycles. The van der Waals surface area contributed by atoms with Gasteiger partial charge in [0, 0.05) is 11.4 Å². The summed E-state index contributed by atoms with van der Waals surface area (Å²) in [7, 11) is 1.45. The van der Waals surface area contributed by atoms with Crippen molar-refractivity contribution in [3.8, 4) is 5.75 Å². The van der Waals surface area contributed by atoms with Gasteiger partial charge in [-0.2, -0.15) is 23.3 Å². The maximum atomic E-state index is 13.6. The number of ether oxygens (including phenoxy) is 1. The molecule has 2 atom stereocenters. The van der Waals surface area contributed by atoms with E-state index < -0.39 is 29.6 Å². The minimum absolute atomic E-state index is 0.0404. The van der Waals surface area contributed by atoms with E-state index in [2.05, 4.69) is 10.4 Å². The second kappa shape index (κ2) is 6.84. The number of benzene rings is 1. The predicted molar refractivity (Wildman–Crippen MR) is 88.9 cm³/mol. The van der Waals surface area contributed by atoms with Crippen LogP contribution in [0.5, 0.6) is 5.75 Å².